The zero-order valence-electron chi connectivity index (χ0n) is 16.3. The van der Waals surface area contributed by atoms with E-state index in [9.17, 15) is 13.2 Å². The van der Waals surface area contributed by atoms with E-state index in [2.05, 4.69) is 37.4 Å². The fourth-order valence-corrected chi connectivity index (χ4v) is 5.61. The average Bonchev–Trinajstić information content (AvgIpc) is 3.09. The summed E-state index contributed by atoms with van der Waals surface area (Å²) >= 11 is 0. The van der Waals surface area contributed by atoms with Crippen molar-refractivity contribution in [3.05, 3.63) is 34.9 Å². The molecule has 3 rings (SSSR count). The number of piperidine rings is 1. The van der Waals surface area contributed by atoms with E-state index in [1.807, 2.05) is 0 Å². The number of urea groups is 1. The summed E-state index contributed by atoms with van der Waals surface area (Å²) in [6.07, 6.45) is 5.37. The average molecular weight is 394 g/mol. The van der Waals surface area contributed by atoms with Gasteiger partial charge in [-0.05, 0) is 50.7 Å². The number of sulfonamides is 1. The highest BCUT2D eigenvalue weighted by Gasteiger charge is 2.37. The van der Waals surface area contributed by atoms with Crippen molar-refractivity contribution in [1.29, 1.82) is 0 Å². The number of nitrogens with zero attached hydrogens (tertiary/aromatic N) is 1. The molecule has 0 bridgehead atoms. The molecule has 27 heavy (non-hydrogen) atoms. The second kappa shape index (κ2) is 7.80. The fraction of sp³-hybridized carbons (Fsp3) is 0.650. The number of rotatable bonds is 4. The van der Waals surface area contributed by atoms with Crippen molar-refractivity contribution in [2.45, 2.75) is 63.0 Å². The van der Waals surface area contributed by atoms with Gasteiger partial charge in [0.15, 0.2) is 0 Å². The van der Waals surface area contributed by atoms with Crippen molar-refractivity contribution < 1.29 is 13.2 Å². The van der Waals surface area contributed by atoms with Crippen molar-refractivity contribution >= 4 is 16.1 Å². The molecule has 1 aromatic rings. The molecular formula is C20H31N3O3S. The van der Waals surface area contributed by atoms with Crippen LogP contribution in [0.2, 0.25) is 0 Å². The van der Waals surface area contributed by atoms with Gasteiger partial charge >= 0.3 is 6.03 Å². The van der Waals surface area contributed by atoms with Crippen molar-refractivity contribution in [2.75, 3.05) is 19.6 Å². The molecule has 1 saturated carbocycles. The lowest BCUT2D eigenvalue weighted by molar-refractivity contribution is 0.183. The number of nitrogens with two attached hydrogens (primary N) is 1. The molecule has 2 amide bonds. The summed E-state index contributed by atoms with van der Waals surface area (Å²) < 4.78 is 23.0. The maximum absolute atomic E-state index is 12.7. The molecule has 1 aliphatic heterocycles. The smallest absolute Gasteiger partial charge is 0.317 e. The minimum Gasteiger partial charge on any atom is -0.337 e. The molecular weight excluding hydrogens is 362 g/mol. The largest absolute Gasteiger partial charge is 0.337 e. The third-order valence-electron chi connectivity index (χ3n) is 6.29. The first-order valence-corrected chi connectivity index (χ1v) is 11.4. The molecule has 2 aliphatic rings. The summed E-state index contributed by atoms with van der Waals surface area (Å²) in [5.74, 6) is 0. The molecule has 0 unspecified atom stereocenters. The molecule has 150 valence electrons. The quantitative estimate of drug-likeness (QED) is 0.823. The van der Waals surface area contributed by atoms with E-state index in [0.29, 0.717) is 32.5 Å². The summed E-state index contributed by atoms with van der Waals surface area (Å²) in [6, 6.07) is 6.50. The van der Waals surface area contributed by atoms with E-state index in [0.717, 1.165) is 12.8 Å². The summed E-state index contributed by atoms with van der Waals surface area (Å²) in [7, 11) is -3.51. The Morgan fingerprint density at radius 3 is 2.41 bits per heavy atom. The van der Waals surface area contributed by atoms with Gasteiger partial charge in [0.2, 0.25) is 10.0 Å². The minimum atomic E-state index is -3.51. The molecule has 0 atom stereocenters. The van der Waals surface area contributed by atoms with E-state index in [1.165, 1.54) is 29.5 Å². The molecule has 1 aromatic carbocycles. The Kier molecular flexibility index (Phi) is 5.82. The highest BCUT2D eigenvalue weighted by molar-refractivity contribution is 7.89. The van der Waals surface area contributed by atoms with Gasteiger partial charge in [0.25, 0.3) is 0 Å². The van der Waals surface area contributed by atoms with Crippen LogP contribution in [0.25, 0.3) is 0 Å². The van der Waals surface area contributed by atoms with Crippen molar-refractivity contribution in [1.82, 2.24) is 10.2 Å². The van der Waals surface area contributed by atoms with Crippen LogP contribution in [0.3, 0.4) is 0 Å². The lowest BCUT2D eigenvalue weighted by Gasteiger charge is -2.35. The molecule has 1 heterocycles. The first-order chi connectivity index (χ1) is 12.7. The predicted octanol–water partition coefficient (Wildman–Crippen LogP) is 2.58. The summed E-state index contributed by atoms with van der Waals surface area (Å²) in [6.45, 7) is 5.76. The van der Waals surface area contributed by atoms with Gasteiger partial charge < -0.3 is 10.2 Å². The molecule has 6 nitrogen and oxygen atoms in total. The number of nitrogens with one attached hydrogen (secondary N) is 1. The Hall–Kier alpha value is -1.60. The monoisotopic (exact) mass is 393 g/mol. The highest BCUT2D eigenvalue weighted by Crippen LogP contribution is 2.42. The summed E-state index contributed by atoms with van der Waals surface area (Å²) in [4.78, 5) is 14.4. The number of amides is 2. The standard InChI is InChI=1S/C20H31N3O3S/c1-15-5-6-18(16(2)13-15)20(9-3-4-10-20)14-22-19(24)23-11-7-17(8-12-23)27(21,25)26/h5-6,13,17H,3-4,7-12,14H2,1-2H3,(H,22,24)(H2,21,25,26). The third-order valence-corrected chi connectivity index (χ3v) is 7.69. The number of carbonyl (C=O) groups excluding carboxylic acids is 1. The summed E-state index contributed by atoms with van der Waals surface area (Å²) in [5.41, 5.74) is 3.90. The first-order valence-electron chi connectivity index (χ1n) is 9.83. The first kappa shape index (κ1) is 20.1. The SMILES string of the molecule is Cc1ccc(C2(CNC(=O)N3CCC(S(N)(=O)=O)CC3)CCCC2)c(C)c1. The number of benzene rings is 1. The molecule has 3 N–H and O–H groups in total. The Balaban J connectivity index is 1.64. The Labute approximate surface area is 162 Å². The van der Waals surface area contributed by atoms with Crippen LogP contribution in [-0.2, 0) is 15.4 Å². The predicted molar refractivity (Wildman–Crippen MR) is 107 cm³/mol. The highest BCUT2D eigenvalue weighted by atomic mass is 32.2. The minimum absolute atomic E-state index is 0.00631. The van der Waals surface area contributed by atoms with E-state index >= 15 is 0 Å². The number of aryl methyl sites for hydroxylation is 2. The van der Waals surface area contributed by atoms with Crippen molar-refractivity contribution in [2.24, 2.45) is 5.14 Å². The van der Waals surface area contributed by atoms with Gasteiger partial charge in [-0.15, -0.1) is 0 Å². The van der Waals surface area contributed by atoms with Crippen molar-refractivity contribution in [3.63, 3.8) is 0 Å². The van der Waals surface area contributed by atoms with E-state index in [1.54, 1.807) is 4.90 Å². The maximum Gasteiger partial charge on any atom is 0.317 e. The van der Waals surface area contributed by atoms with Crippen LogP contribution in [-0.4, -0.2) is 44.2 Å². The van der Waals surface area contributed by atoms with Gasteiger partial charge in [0.05, 0.1) is 5.25 Å². The number of primary sulfonamides is 1. The molecule has 1 aliphatic carbocycles. The van der Waals surface area contributed by atoms with Crippen LogP contribution >= 0.6 is 0 Å². The third kappa shape index (κ3) is 4.46. The Morgan fingerprint density at radius 2 is 1.85 bits per heavy atom. The van der Waals surface area contributed by atoms with Crippen LogP contribution in [0.4, 0.5) is 4.79 Å². The molecule has 1 saturated heterocycles. The van der Waals surface area contributed by atoms with Crippen LogP contribution < -0.4 is 10.5 Å². The van der Waals surface area contributed by atoms with E-state index in [4.69, 9.17) is 5.14 Å². The molecule has 0 radical (unpaired) electrons. The topological polar surface area (TPSA) is 92.5 Å². The zero-order chi connectivity index (χ0) is 19.7. The van der Waals surface area contributed by atoms with E-state index in [-0.39, 0.29) is 11.4 Å². The van der Waals surface area contributed by atoms with Gasteiger partial charge in [-0.25, -0.2) is 18.4 Å². The molecule has 2 fully saturated rings. The fourth-order valence-electron chi connectivity index (χ4n) is 4.75. The Morgan fingerprint density at radius 1 is 1.22 bits per heavy atom. The lowest BCUT2D eigenvalue weighted by Crippen LogP contribution is -2.50. The second-order valence-electron chi connectivity index (χ2n) is 8.24. The lowest BCUT2D eigenvalue weighted by atomic mass is 9.76. The van der Waals surface area contributed by atoms with Gasteiger partial charge in [-0.2, -0.15) is 0 Å². The normalized spacial score (nSPS) is 20.6. The van der Waals surface area contributed by atoms with Gasteiger partial charge in [0, 0.05) is 25.0 Å². The van der Waals surface area contributed by atoms with Crippen LogP contribution in [0.15, 0.2) is 18.2 Å². The number of likely N-dealkylation sites (tertiary alicyclic amines) is 1. The number of hydrogen-bond donors (Lipinski definition) is 2. The molecule has 0 aromatic heterocycles. The number of carbonyl (C=O) groups is 1. The molecule has 0 spiro atoms. The van der Waals surface area contributed by atoms with Crippen LogP contribution in [0.5, 0.6) is 0 Å². The van der Waals surface area contributed by atoms with Gasteiger partial charge in [-0.3, -0.25) is 0 Å². The van der Waals surface area contributed by atoms with Crippen LogP contribution in [0.1, 0.15) is 55.2 Å². The summed E-state index contributed by atoms with van der Waals surface area (Å²) in [5, 5.41) is 7.84. The van der Waals surface area contributed by atoms with E-state index < -0.39 is 15.3 Å². The van der Waals surface area contributed by atoms with Gasteiger partial charge in [0.1, 0.15) is 0 Å². The Bertz CT molecular complexity index is 793. The van der Waals surface area contributed by atoms with Crippen molar-refractivity contribution in [3.8, 4) is 0 Å². The molecule has 7 heteroatoms. The maximum atomic E-state index is 12.7. The number of hydrogen-bond acceptors (Lipinski definition) is 3. The zero-order valence-corrected chi connectivity index (χ0v) is 17.1. The second-order valence-corrected chi connectivity index (χ2v) is 10.1. The van der Waals surface area contributed by atoms with Crippen LogP contribution in [0, 0.1) is 13.8 Å². The van der Waals surface area contributed by atoms with Gasteiger partial charge in [-0.1, -0.05) is 36.6 Å².